The number of carbonyl (C=O) groups is 1. The first-order chi connectivity index (χ1) is 34.3. The lowest BCUT2D eigenvalue weighted by Gasteiger charge is -2.24. The highest BCUT2D eigenvalue weighted by Crippen LogP contribution is 2.61. The summed E-state index contributed by atoms with van der Waals surface area (Å²) in [6, 6.07) is 58.9. The van der Waals surface area contributed by atoms with Crippen LogP contribution in [-0.4, -0.2) is 48.4 Å². The minimum atomic E-state index is -3.34. The summed E-state index contributed by atoms with van der Waals surface area (Å²) in [5.74, 6) is 2.07. The third-order valence-corrected chi connectivity index (χ3v) is 11.9. The number of halogens is 3. The van der Waals surface area contributed by atoms with Gasteiger partial charge in [0.1, 0.15) is 5.82 Å². The Balaban J connectivity index is 0.000000171. The van der Waals surface area contributed by atoms with Crippen LogP contribution in [0.2, 0.25) is 0 Å². The lowest BCUT2D eigenvalue weighted by Crippen LogP contribution is -2.28. The molecule has 9 rings (SSSR count). The number of aromatic amines is 1. The van der Waals surface area contributed by atoms with Crippen LogP contribution in [0.1, 0.15) is 43.0 Å². The maximum atomic E-state index is 12.2. The van der Waals surface area contributed by atoms with Crippen LogP contribution in [0.15, 0.2) is 194 Å². The van der Waals surface area contributed by atoms with Crippen molar-refractivity contribution in [3.63, 3.8) is 0 Å². The van der Waals surface area contributed by atoms with Crippen molar-refractivity contribution in [2.45, 2.75) is 47.0 Å². The molecule has 0 aliphatic rings. The van der Waals surface area contributed by atoms with E-state index in [0.717, 1.165) is 57.9 Å². The first kappa shape index (κ1) is 54.1. The molecule has 0 unspecified atom stereocenters. The summed E-state index contributed by atoms with van der Waals surface area (Å²) in [6.07, 6.45) is 5.47. The number of aromatic nitrogens is 5. The second-order valence-electron chi connectivity index (χ2n) is 15.5. The molecule has 0 bridgehead atoms. The minimum absolute atomic E-state index is 0.0419. The van der Waals surface area contributed by atoms with Crippen LogP contribution in [0.4, 0.5) is 11.8 Å². The van der Waals surface area contributed by atoms with E-state index in [-0.39, 0.29) is 5.91 Å². The predicted molar refractivity (Wildman–Crippen MR) is 291 cm³/mol. The van der Waals surface area contributed by atoms with Gasteiger partial charge >= 0.3 is 12.9 Å². The van der Waals surface area contributed by atoms with E-state index >= 15 is 0 Å². The summed E-state index contributed by atoms with van der Waals surface area (Å²) in [5.41, 5.74) is 8.49. The topological polar surface area (TPSA) is 147 Å². The fourth-order valence-electron chi connectivity index (χ4n) is 7.18. The molecule has 13 nitrogen and oxygen atoms in total. The van der Waals surface area contributed by atoms with Crippen LogP contribution in [0, 0.1) is 0 Å². The molecule has 18 heteroatoms. The monoisotopic (exact) mass is 1050 g/mol. The Labute approximate surface area is 428 Å². The van der Waals surface area contributed by atoms with E-state index in [1.54, 1.807) is 26.0 Å². The van der Waals surface area contributed by atoms with Gasteiger partial charge in [-0.3, -0.25) is 27.9 Å². The Bertz CT molecular complexity index is 3030. The number of hydrogen-bond donors (Lipinski definition) is 2. The molecule has 0 saturated heterocycles. The molecule has 71 heavy (non-hydrogen) atoms. The maximum absolute atomic E-state index is 12.2. The Hall–Kier alpha value is -6.27. The molecule has 9 aromatic rings. The first-order valence-corrected chi connectivity index (χ1v) is 28.7. The number of rotatable bonds is 16. The third kappa shape index (κ3) is 17.8. The Morgan fingerprint density at radius 3 is 1.55 bits per heavy atom. The number of anilines is 2. The van der Waals surface area contributed by atoms with Crippen LogP contribution < -0.4 is 9.99 Å². The predicted octanol–water partition coefficient (Wildman–Crippen LogP) is 14.8. The zero-order valence-electron chi connectivity index (χ0n) is 39.5. The minimum Gasteiger partial charge on any atom is -0.348 e. The fraction of sp³-hybridized carbons (Fsp3) is 0.170. The molecule has 0 saturated carbocycles. The smallest absolute Gasteiger partial charge is 0.348 e. The van der Waals surface area contributed by atoms with E-state index < -0.39 is 12.9 Å². The standard InChI is InChI=1S/C24H20N4.C18H19NO.C11H16N3O3P.Cl3OP/c1-3-9-19(10-4-1)17-27(18-20-11-5-2-6-12-20)23-15-16-28-22-14-8-7-13-21(22)25-24(28)26-23;1-2-9-18(20)19(14-16-10-5-3-6-11-16)15-17-12-7-4-8-13-17;1-3-16-18(15,17-4-2)14-11-12-9-7-5-6-8-10(9)13-11;1-5(2,3)4/h1-16H,17-18H2;2-13H,14-15H2,1H3;5-8H,3-4H2,1-2H3,(H2,12,13,14,15);/b;9-2+;;. The SMILES string of the molecule is C/C=C/C(=O)N(Cc1ccccc1)Cc1ccccc1.CCOP(=O)(Nc1nc2ccccc2[nH]1)OCC.O=P(Cl)(Cl)Cl.c1ccc(CN(Cc2ccccc2)c2ccn3c(n2)nc2ccccc23)cc1. The zero-order chi connectivity index (χ0) is 50.5. The average molecular weight is 1050 g/mol. The van der Waals surface area contributed by atoms with Crippen LogP contribution in [0.5, 0.6) is 0 Å². The second-order valence-corrected chi connectivity index (χ2v) is 23.9. The van der Waals surface area contributed by atoms with Crippen molar-refractivity contribution < 1.29 is 23.0 Å². The molecule has 0 aliphatic carbocycles. The summed E-state index contributed by atoms with van der Waals surface area (Å²) >= 11 is 13.8. The van der Waals surface area contributed by atoms with Gasteiger partial charge in [-0.1, -0.05) is 152 Å². The molecular weight excluding hydrogens is 997 g/mol. The molecule has 1 amide bonds. The lowest BCUT2D eigenvalue weighted by molar-refractivity contribution is -0.127. The van der Waals surface area contributed by atoms with Gasteiger partial charge in [-0.25, -0.2) is 14.5 Å². The molecule has 0 radical (unpaired) electrons. The van der Waals surface area contributed by atoms with Gasteiger partial charge in [-0.2, -0.15) is 4.98 Å². The highest BCUT2D eigenvalue weighted by atomic mass is 36.0. The van der Waals surface area contributed by atoms with Crippen molar-refractivity contribution in [3.8, 4) is 0 Å². The number of para-hydroxylation sites is 4. The summed E-state index contributed by atoms with van der Waals surface area (Å²) in [4.78, 5) is 33.2. The molecule has 3 aromatic heterocycles. The van der Waals surface area contributed by atoms with E-state index in [4.69, 9.17) is 19.0 Å². The third-order valence-electron chi connectivity index (χ3n) is 10.2. The summed E-state index contributed by atoms with van der Waals surface area (Å²) in [5, 5.41) is -0.531. The van der Waals surface area contributed by atoms with Crippen molar-refractivity contribution in [1.82, 2.24) is 29.2 Å². The van der Waals surface area contributed by atoms with Crippen molar-refractivity contribution in [3.05, 3.63) is 217 Å². The molecule has 0 spiro atoms. The highest BCUT2D eigenvalue weighted by molar-refractivity contribution is 8.24. The van der Waals surface area contributed by atoms with Gasteiger partial charge in [0.25, 0.3) is 0 Å². The van der Waals surface area contributed by atoms with Gasteiger partial charge in [0.2, 0.25) is 17.6 Å². The maximum Gasteiger partial charge on any atom is 0.435 e. The number of benzene rings is 6. The molecule has 0 fully saturated rings. The van der Waals surface area contributed by atoms with Crippen molar-refractivity contribution in [1.29, 1.82) is 0 Å². The number of amides is 1. The van der Waals surface area contributed by atoms with E-state index in [9.17, 15) is 13.9 Å². The van der Waals surface area contributed by atoms with Crippen LogP contribution in [-0.2, 0) is 49.2 Å². The summed E-state index contributed by atoms with van der Waals surface area (Å²) in [7, 11) is -3.34. The Morgan fingerprint density at radius 2 is 1.07 bits per heavy atom. The fourth-order valence-corrected chi connectivity index (χ4v) is 8.43. The van der Waals surface area contributed by atoms with Crippen LogP contribution >= 0.6 is 46.7 Å². The van der Waals surface area contributed by atoms with E-state index in [1.165, 1.54) is 11.1 Å². The quantitative estimate of drug-likeness (QED) is 0.0708. The molecular formula is C53H55Cl3N8O5P2. The van der Waals surface area contributed by atoms with Gasteiger partial charge in [0.05, 0.1) is 35.3 Å². The molecule has 368 valence electrons. The molecule has 2 N–H and O–H groups in total. The molecule has 6 aromatic carbocycles. The van der Waals surface area contributed by atoms with E-state index in [0.29, 0.717) is 32.3 Å². The first-order valence-electron chi connectivity index (χ1n) is 22.7. The number of H-pyrrole nitrogens is 1. The summed E-state index contributed by atoms with van der Waals surface area (Å²) in [6.45, 7) is 8.80. The van der Waals surface area contributed by atoms with Gasteiger partial charge < -0.3 is 14.8 Å². The Morgan fingerprint density at radius 1 is 0.620 bits per heavy atom. The van der Waals surface area contributed by atoms with Gasteiger partial charge in [0.15, 0.2) is 0 Å². The average Bonchev–Trinajstić information content (AvgIpc) is 3.95. The number of nitrogens with zero attached hydrogens (tertiary/aromatic N) is 6. The van der Waals surface area contributed by atoms with Gasteiger partial charge in [0, 0.05) is 32.4 Å². The number of fused-ring (bicyclic) bond motifs is 4. The van der Waals surface area contributed by atoms with Crippen LogP contribution in [0.25, 0.3) is 27.8 Å². The summed E-state index contributed by atoms with van der Waals surface area (Å²) < 4.78 is 34.1. The second kappa shape index (κ2) is 27.4. The largest absolute Gasteiger partial charge is 0.435 e. The molecule has 0 atom stereocenters. The van der Waals surface area contributed by atoms with Gasteiger partial charge in [-0.05, 0) is 113 Å². The lowest BCUT2D eigenvalue weighted by atomic mass is 10.1. The van der Waals surface area contributed by atoms with Crippen molar-refractivity contribution in [2.75, 3.05) is 23.2 Å². The van der Waals surface area contributed by atoms with Gasteiger partial charge in [-0.15, -0.1) is 0 Å². The molecule has 0 aliphatic heterocycles. The Kier molecular flexibility index (Phi) is 20.8. The number of allylic oxidation sites excluding steroid dienone is 1. The van der Waals surface area contributed by atoms with Crippen LogP contribution in [0.3, 0.4) is 0 Å². The number of imidazole rings is 2. The van der Waals surface area contributed by atoms with Crippen molar-refractivity contribution in [2.24, 2.45) is 0 Å². The number of nitrogens with one attached hydrogen (secondary N) is 2. The zero-order valence-corrected chi connectivity index (χ0v) is 43.5. The van der Waals surface area contributed by atoms with Crippen molar-refractivity contribution >= 4 is 92.2 Å². The normalized spacial score (nSPS) is 11.2. The number of hydrogen-bond acceptors (Lipinski definition) is 9. The molecule has 3 heterocycles. The van der Waals surface area contributed by atoms with E-state index in [2.05, 4.69) is 121 Å². The van der Waals surface area contributed by atoms with E-state index in [1.807, 2.05) is 131 Å². The number of carbonyl (C=O) groups excluding carboxylic acids is 1. The highest BCUT2D eigenvalue weighted by Gasteiger charge is 2.25.